The molecule has 1 aromatic rings. The molecular formula is C29H48N2O4SSi. The van der Waals surface area contributed by atoms with Gasteiger partial charge in [0.15, 0.2) is 8.32 Å². The minimum atomic E-state index is -3.53. The summed E-state index contributed by atoms with van der Waals surface area (Å²) in [6.07, 6.45) is 10.7. The van der Waals surface area contributed by atoms with Crippen LogP contribution >= 0.6 is 0 Å². The summed E-state index contributed by atoms with van der Waals surface area (Å²) in [6.45, 7) is 21.6. The predicted octanol–water partition coefficient (Wildman–Crippen LogP) is 6.19. The van der Waals surface area contributed by atoms with Crippen LogP contribution in [0.1, 0.15) is 71.7 Å². The summed E-state index contributed by atoms with van der Waals surface area (Å²) in [4.78, 5) is 9.47. The molecule has 1 aromatic heterocycles. The van der Waals surface area contributed by atoms with Gasteiger partial charge >= 0.3 is 0 Å². The van der Waals surface area contributed by atoms with Crippen LogP contribution in [0.5, 0.6) is 0 Å². The van der Waals surface area contributed by atoms with Crippen molar-refractivity contribution in [3.05, 3.63) is 35.9 Å². The highest BCUT2D eigenvalue weighted by molar-refractivity contribution is 7.85. The van der Waals surface area contributed by atoms with Crippen LogP contribution < -0.4 is 0 Å². The van der Waals surface area contributed by atoms with E-state index in [4.69, 9.17) is 18.6 Å². The zero-order valence-electron chi connectivity index (χ0n) is 24.3. The Hall–Kier alpha value is -1.09. The third kappa shape index (κ3) is 5.50. The Morgan fingerprint density at radius 3 is 2.35 bits per heavy atom. The SMILES string of the molecule is C=C1CC[C@H]2[C@H](COS(C)(=O)=O)[C@@H]([C@@]3(C)Cc4nccnc4C[C@@H]3CO[Si](C)(C)C(C)(C)C)CC[C@]12C. The topological polar surface area (TPSA) is 78.4 Å². The van der Waals surface area contributed by atoms with Gasteiger partial charge in [-0.25, -0.2) is 0 Å². The molecule has 0 radical (unpaired) electrons. The average molecular weight is 549 g/mol. The fraction of sp³-hybridized carbons (Fsp3) is 0.793. The standard InChI is InChI=1S/C29H48N2O4SSi/c1-20-10-11-23-22(19-34-36(7,32)33)24(12-13-28(20,23)5)29(6)17-26-25(30-14-15-31-26)16-21(29)18-35-37(8,9)27(2,3)4/h14-15,21-24H,1,10-13,16-19H2,2-9H3/t21-,22+,23+,24+,28-,29+/m1/s1. The Morgan fingerprint density at radius 1 is 1.08 bits per heavy atom. The Bertz CT molecular complexity index is 1130. The summed E-state index contributed by atoms with van der Waals surface area (Å²) in [6, 6.07) is 0. The smallest absolute Gasteiger partial charge is 0.264 e. The third-order valence-electron chi connectivity index (χ3n) is 10.9. The van der Waals surface area contributed by atoms with Crippen LogP contribution in [0.15, 0.2) is 24.5 Å². The minimum Gasteiger partial charge on any atom is -0.417 e. The summed E-state index contributed by atoms with van der Waals surface area (Å²) < 4.78 is 36.7. The van der Waals surface area contributed by atoms with Crippen molar-refractivity contribution in [3.63, 3.8) is 0 Å². The van der Waals surface area contributed by atoms with E-state index in [-0.39, 0.29) is 34.3 Å². The maximum absolute atomic E-state index is 12.1. The van der Waals surface area contributed by atoms with Crippen molar-refractivity contribution in [3.8, 4) is 0 Å². The molecule has 0 N–H and O–H groups in total. The van der Waals surface area contributed by atoms with Crippen molar-refractivity contribution < 1.29 is 17.0 Å². The average Bonchev–Trinajstić information content (AvgIpc) is 3.09. The van der Waals surface area contributed by atoms with Crippen LogP contribution in [0.2, 0.25) is 18.1 Å². The van der Waals surface area contributed by atoms with Gasteiger partial charge in [-0.15, -0.1) is 0 Å². The molecule has 2 fully saturated rings. The van der Waals surface area contributed by atoms with Gasteiger partial charge in [-0.05, 0) is 91.2 Å². The number of rotatable bonds is 7. The first-order valence-electron chi connectivity index (χ1n) is 13.9. The predicted molar refractivity (Wildman–Crippen MR) is 151 cm³/mol. The third-order valence-corrected chi connectivity index (χ3v) is 16.0. The summed E-state index contributed by atoms with van der Waals surface area (Å²) in [5, 5.41) is 0.137. The molecule has 4 rings (SSSR count). The summed E-state index contributed by atoms with van der Waals surface area (Å²) in [7, 11) is -5.48. The zero-order valence-corrected chi connectivity index (χ0v) is 26.1. The van der Waals surface area contributed by atoms with Crippen LogP contribution in [0.3, 0.4) is 0 Å². The highest BCUT2D eigenvalue weighted by Crippen LogP contribution is 2.63. The highest BCUT2D eigenvalue weighted by Gasteiger charge is 2.57. The molecule has 1 heterocycles. The van der Waals surface area contributed by atoms with Crippen molar-refractivity contribution in [2.24, 2.45) is 34.5 Å². The molecule has 2 saturated carbocycles. The normalized spacial score (nSPS) is 34.8. The molecule has 208 valence electrons. The Kier molecular flexibility index (Phi) is 7.68. The van der Waals surface area contributed by atoms with Crippen LogP contribution in [0, 0.1) is 34.5 Å². The van der Waals surface area contributed by atoms with Crippen LogP contribution in [-0.4, -0.2) is 46.2 Å². The van der Waals surface area contributed by atoms with E-state index in [1.165, 1.54) is 11.8 Å². The monoisotopic (exact) mass is 548 g/mol. The lowest BCUT2D eigenvalue weighted by Gasteiger charge is -2.56. The molecule has 6 nitrogen and oxygen atoms in total. The van der Waals surface area contributed by atoms with Crippen molar-refractivity contribution in [2.75, 3.05) is 19.5 Å². The lowest BCUT2D eigenvalue weighted by Crippen LogP contribution is -2.54. The second kappa shape index (κ2) is 9.83. The van der Waals surface area contributed by atoms with E-state index in [1.807, 2.05) is 0 Å². The molecule has 0 aromatic carbocycles. The van der Waals surface area contributed by atoms with Gasteiger partial charge in [-0.1, -0.05) is 46.8 Å². The van der Waals surface area contributed by atoms with Crippen molar-refractivity contribution in [2.45, 2.75) is 91.3 Å². The first-order chi connectivity index (χ1) is 17.0. The molecule has 3 aliphatic rings. The first-order valence-corrected chi connectivity index (χ1v) is 18.7. The quantitative estimate of drug-likeness (QED) is 0.230. The molecule has 0 unspecified atom stereocenters. The Morgan fingerprint density at radius 2 is 1.73 bits per heavy atom. The lowest BCUT2D eigenvalue weighted by molar-refractivity contribution is -0.0692. The summed E-state index contributed by atoms with van der Waals surface area (Å²) >= 11 is 0. The maximum Gasteiger partial charge on any atom is 0.264 e. The number of allylic oxidation sites excluding steroid dienone is 1. The van der Waals surface area contributed by atoms with E-state index in [9.17, 15) is 8.42 Å². The van der Waals surface area contributed by atoms with Gasteiger partial charge in [0.05, 0.1) is 24.3 Å². The van der Waals surface area contributed by atoms with Crippen LogP contribution in [-0.2, 0) is 31.6 Å². The fourth-order valence-electron chi connectivity index (χ4n) is 7.34. The summed E-state index contributed by atoms with van der Waals surface area (Å²) in [5.41, 5.74) is 3.45. The van der Waals surface area contributed by atoms with Gasteiger partial charge in [0.25, 0.3) is 10.1 Å². The summed E-state index contributed by atoms with van der Waals surface area (Å²) in [5.74, 6) is 1.11. The molecule has 3 aliphatic carbocycles. The van der Waals surface area contributed by atoms with Crippen molar-refractivity contribution in [1.29, 1.82) is 0 Å². The molecule has 37 heavy (non-hydrogen) atoms. The van der Waals surface area contributed by atoms with Crippen molar-refractivity contribution >= 4 is 18.4 Å². The number of hydrogen-bond acceptors (Lipinski definition) is 6. The van der Waals surface area contributed by atoms with E-state index in [2.05, 4.69) is 54.3 Å². The van der Waals surface area contributed by atoms with E-state index >= 15 is 0 Å². The molecular weight excluding hydrogens is 500 g/mol. The molecule has 6 atom stereocenters. The molecule has 0 amide bonds. The highest BCUT2D eigenvalue weighted by atomic mass is 32.2. The second-order valence-corrected chi connectivity index (χ2v) is 20.5. The Labute approximate surface area is 226 Å². The lowest BCUT2D eigenvalue weighted by atomic mass is 9.49. The maximum atomic E-state index is 12.1. The van der Waals surface area contributed by atoms with Gasteiger partial charge in [-0.2, -0.15) is 8.42 Å². The van der Waals surface area contributed by atoms with E-state index < -0.39 is 18.4 Å². The Balaban J connectivity index is 1.72. The largest absolute Gasteiger partial charge is 0.417 e. The number of fused-ring (bicyclic) bond motifs is 2. The van der Waals surface area contributed by atoms with Crippen LogP contribution in [0.25, 0.3) is 0 Å². The van der Waals surface area contributed by atoms with Crippen molar-refractivity contribution in [1.82, 2.24) is 9.97 Å². The van der Waals surface area contributed by atoms with Gasteiger partial charge in [0.2, 0.25) is 0 Å². The van der Waals surface area contributed by atoms with E-state index in [0.29, 0.717) is 18.4 Å². The number of hydrogen-bond donors (Lipinski definition) is 0. The van der Waals surface area contributed by atoms with Gasteiger partial charge in [0.1, 0.15) is 0 Å². The van der Waals surface area contributed by atoms with E-state index in [0.717, 1.165) is 49.9 Å². The number of aromatic nitrogens is 2. The van der Waals surface area contributed by atoms with Gasteiger partial charge in [-0.3, -0.25) is 14.2 Å². The second-order valence-electron chi connectivity index (χ2n) is 14.1. The number of nitrogens with zero attached hydrogens (tertiary/aromatic N) is 2. The molecule has 0 aliphatic heterocycles. The molecule has 0 spiro atoms. The van der Waals surface area contributed by atoms with E-state index in [1.54, 1.807) is 12.4 Å². The van der Waals surface area contributed by atoms with Gasteiger partial charge in [0, 0.05) is 19.0 Å². The fourth-order valence-corrected chi connectivity index (χ4v) is 8.80. The first kappa shape index (κ1) is 28.9. The molecule has 0 bridgehead atoms. The molecule has 0 saturated heterocycles. The minimum absolute atomic E-state index is 0.0535. The van der Waals surface area contributed by atoms with Crippen LogP contribution in [0.4, 0.5) is 0 Å². The molecule has 8 heteroatoms. The zero-order chi connectivity index (χ0) is 27.4. The van der Waals surface area contributed by atoms with Gasteiger partial charge < -0.3 is 4.43 Å².